The van der Waals surface area contributed by atoms with E-state index in [9.17, 15) is 9.59 Å². The second kappa shape index (κ2) is 5.65. The Bertz CT molecular complexity index is 886. The van der Waals surface area contributed by atoms with Gasteiger partial charge in [0, 0.05) is 0 Å². The SMILES string of the molecule is NC(=O)c1cc2ccccc2cc1NC(=O)c1ccc(Br)o1. The van der Waals surface area contributed by atoms with Crippen molar-refractivity contribution in [2.45, 2.75) is 0 Å². The van der Waals surface area contributed by atoms with Gasteiger partial charge in [0.15, 0.2) is 10.4 Å². The minimum Gasteiger partial charge on any atom is -0.444 e. The molecular weight excluding hydrogens is 348 g/mol. The topological polar surface area (TPSA) is 85.3 Å². The molecule has 3 rings (SSSR count). The van der Waals surface area contributed by atoms with E-state index < -0.39 is 11.8 Å². The highest BCUT2D eigenvalue weighted by Gasteiger charge is 2.16. The standard InChI is InChI=1S/C16H11BrN2O3/c17-14-6-5-13(22-14)16(21)19-12-8-10-4-2-1-3-9(10)7-11(12)15(18)20/h1-8H,(H2,18,20)(H,19,21). The molecule has 1 aromatic heterocycles. The van der Waals surface area contributed by atoms with Gasteiger partial charge in [-0.1, -0.05) is 24.3 Å². The Morgan fingerprint density at radius 2 is 1.73 bits per heavy atom. The van der Waals surface area contributed by atoms with Crippen molar-refractivity contribution in [3.8, 4) is 0 Å². The quantitative estimate of drug-likeness (QED) is 0.750. The fourth-order valence-corrected chi connectivity index (χ4v) is 2.47. The number of halogens is 1. The average Bonchev–Trinajstić information content (AvgIpc) is 2.93. The Labute approximate surface area is 134 Å². The zero-order chi connectivity index (χ0) is 15.7. The first-order chi connectivity index (χ1) is 10.5. The van der Waals surface area contributed by atoms with Gasteiger partial charge in [0.2, 0.25) is 0 Å². The number of anilines is 1. The third-order valence-electron chi connectivity index (χ3n) is 3.20. The Kier molecular flexibility index (Phi) is 3.68. The molecule has 0 atom stereocenters. The van der Waals surface area contributed by atoms with Crippen LogP contribution in [0.15, 0.2) is 57.6 Å². The molecular formula is C16H11BrN2O3. The number of fused-ring (bicyclic) bond motifs is 1. The van der Waals surface area contributed by atoms with Crippen molar-refractivity contribution in [1.29, 1.82) is 0 Å². The lowest BCUT2D eigenvalue weighted by atomic mass is 10.0. The van der Waals surface area contributed by atoms with Crippen LogP contribution in [0, 0.1) is 0 Å². The van der Waals surface area contributed by atoms with Crippen LogP contribution in [-0.4, -0.2) is 11.8 Å². The lowest BCUT2D eigenvalue weighted by Crippen LogP contribution is -2.18. The number of hydrogen-bond acceptors (Lipinski definition) is 3. The lowest BCUT2D eigenvalue weighted by Gasteiger charge is -2.10. The van der Waals surface area contributed by atoms with Crippen molar-refractivity contribution in [2.75, 3.05) is 5.32 Å². The van der Waals surface area contributed by atoms with Crippen molar-refractivity contribution in [3.05, 3.63) is 64.5 Å². The molecule has 0 unspecified atom stereocenters. The van der Waals surface area contributed by atoms with Crippen molar-refractivity contribution in [1.82, 2.24) is 0 Å². The van der Waals surface area contributed by atoms with Crippen molar-refractivity contribution in [3.63, 3.8) is 0 Å². The molecule has 0 aliphatic carbocycles. The molecule has 6 heteroatoms. The molecule has 3 aromatic rings. The van der Waals surface area contributed by atoms with Gasteiger partial charge in [-0.05, 0) is 51.0 Å². The van der Waals surface area contributed by atoms with Gasteiger partial charge >= 0.3 is 0 Å². The van der Waals surface area contributed by atoms with E-state index in [-0.39, 0.29) is 11.3 Å². The van der Waals surface area contributed by atoms with Crippen LogP contribution >= 0.6 is 15.9 Å². The van der Waals surface area contributed by atoms with Crippen LogP contribution in [0.2, 0.25) is 0 Å². The molecule has 0 saturated heterocycles. The molecule has 3 N–H and O–H groups in total. The monoisotopic (exact) mass is 358 g/mol. The molecule has 0 aliphatic rings. The molecule has 0 bridgehead atoms. The summed E-state index contributed by atoms with van der Waals surface area (Å²) in [7, 11) is 0. The molecule has 5 nitrogen and oxygen atoms in total. The zero-order valence-electron chi connectivity index (χ0n) is 11.3. The van der Waals surface area contributed by atoms with Gasteiger partial charge in [-0.25, -0.2) is 0 Å². The molecule has 2 aromatic carbocycles. The van der Waals surface area contributed by atoms with Gasteiger partial charge in [0.05, 0.1) is 11.3 Å². The second-order valence-electron chi connectivity index (χ2n) is 4.67. The molecule has 0 spiro atoms. The molecule has 0 aliphatic heterocycles. The Morgan fingerprint density at radius 1 is 1.05 bits per heavy atom. The van der Waals surface area contributed by atoms with Crippen molar-refractivity contribution in [2.24, 2.45) is 5.73 Å². The predicted molar refractivity (Wildman–Crippen MR) is 86.8 cm³/mol. The fraction of sp³-hybridized carbons (Fsp3) is 0. The number of nitrogens with two attached hydrogens (primary N) is 1. The van der Waals surface area contributed by atoms with Crippen molar-refractivity contribution < 1.29 is 14.0 Å². The van der Waals surface area contributed by atoms with Gasteiger partial charge in [0.25, 0.3) is 11.8 Å². The maximum atomic E-state index is 12.2. The first-order valence-corrected chi connectivity index (χ1v) is 7.23. The molecule has 22 heavy (non-hydrogen) atoms. The zero-order valence-corrected chi connectivity index (χ0v) is 12.9. The van der Waals surface area contributed by atoms with E-state index in [1.807, 2.05) is 24.3 Å². The summed E-state index contributed by atoms with van der Waals surface area (Å²) < 4.78 is 5.64. The van der Waals surface area contributed by atoms with Gasteiger partial charge in [-0.2, -0.15) is 0 Å². The summed E-state index contributed by atoms with van der Waals surface area (Å²) in [6.45, 7) is 0. The minimum atomic E-state index is -0.610. The second-order valence-corrected chi connectivity index (χ2v) is 5.45. The van der Waals surface area contributed by atoms with E-state index in [1.54, 1.807) is 18.2 Å². The normalized spacial score (nSPS) is 10.6. The van der Waals surface area contributed by atoms with E-state index in [0.717, 1.165) is 10.8 Å². The van der Waals surface area contributed by atoms with Crippen LogP contribution in [0.3, 0.4) is 0 Å². The summed E-state index contributed by atoms with van der Waals surface area (Å²) in [6.07, 6.45) is 0. The first kappa shape index (κ1) is 14.3. The predicted octanol–water partition coefficient (Wildman–Crippen LogP) is 3.55. The molecule has 1 heterocycles. The summed E-state index contributed by atoms with van der Waals surface area (Å²) in [5.41, 5.74) is 6.00. The van der Waals surface area contributed by atoms with Gasteiger partial charge in [0.1, 0.15) is 0 Å². The van der Waals surface area contributed by atoms with Crippen LogP contribution in [0.25, 0.3) is 10.8 Å². The maximum absolute atomic E-state index is 12.2. The molecule has 2 amide bonds. The van der Waals surface area contributed by atoms with E-state index in [0.29, 0.717) is 10.4 Å². The number of carbonyl (C=O) groups is 2. The van der Waals surface area contributed by atoms with Crippen LogP contribution < -0.4 is 11.1 Å². The number of carbonyl (C=O) groups excluding carboxylic acids is 2. The third-order valence-corrected chi connectivity index (χ3v) is 3.62. The lowest BCUT2D eigenvalue weighted by molar-refractivity contribution is 0.0995. The van der Waals surface area contributed by atoms with Gasteiger partial charge < -0.3 is 15.5 Å². The Balaban J connectivity index is 2.03. The number of hydrogen-bond donors (Lipinski definition) is 2. The third kappa shape index (κ3) is 2.73. The average molecular weight is 359 g/mol. The van der Waals surface area contributed by atoms with Crippen LogP contribution in [0.4, 0.5) is 5.69 Å². The Hall–Kier alpha value is -2.60. The number of nitrogens with one attached hydrogen (secondary N) is 1. The van der Waals surface area contributed by atoms with Crippen LogP contribution in [-0.2, 0) is 0 Å². The number of primary amides is 1. The summed E-state index contributed by atoms with van der Waals surface area (Å²) in [5, 5.41) is 4.42. The molecule has 0 radical (unpaired) electrons. The Morgan fingerprint density at radius 3 is 2.32 bits per heavy atom. The van der Waals surface area contributed by atoms with Gasteiger partial charge in [-0.3, -0.25) is 9.59 Å². The van der Waals surface area contributed by atoms with E-state index >= 15 is 0 Å². The summed E-state index contributed by atoms with van der Waals surface area (Å²) in [6, 6.07) is 14.0. The molecule has 110 valence electrons. The fourth-order valence-electron chi connectivity index (χ4n) is 2.17. The van der Waals surface area contributed by atoms with Gasteiger partial charge in [-0.15, -0.1) is 0 Å². The largest absolute Gasteiger partial charge is 0.444 e. The van der Waals surface area contributed by atoms with E-state index in [1.165, 1.54) is 6.07 Å². The maximum Gasteiger partial charge on any atom is 0.291 e. The smallest absolute Gasteiger partial charge is 0.291 e. The molecule has 0 saturated carbocycles. The highest BCUT2D eigenvalue weighted by atomic mass is 79.9. The highest BCUT2D eigenvalue weighted by molar-refractivity contribution is 9.10. The number of rotatable bonds is 3. The van der Waals surface area contributed by atoms with Crippen LogP contribution in [0.1, 0.15) is 20.9 Å². The van der Waals surface area contributed by atoms with Crippen molar-refractivity contribution >= 4 is 44.2 Å². The molecule has 0 fully saturated rings. The first-order valence-electron chi connectivity index (χ1n) is 6.44. The summed E-state index contributed by atoms with van der Waals surface area (Å²) >= 11 is 3.14. The van der Waals surface area contributed by atoms with E-state index in [4.69, 9.17) is 10.2 Å². The number of amides is 2. The summed E-state index contributed by atoms with van der Waals surface area (Å²) in [5.74, 6) is -0.930. The summed E-state index contributed by atoms with van der Waals surface area (Å²) in [4.78, 5) is 23.8. The minimum absolute atomic E-state index is 0.135. The van der Waals surface area contributed by atoms with E-state index in [2.05, 4.69) is 21.2 Å². The number of furan rings is 1. The highest BCUT2D eigenvalue weighted by Crippen LogP contribution is 2.25. The number of benzene rings is 2. The van der Waals surface area contributed by atoms with Crippen LogP contribution in [0.5, 0.6) is 0 Å².